The van der Waals surface area contributed by atoms with Gasteiger partial charge in [-0.05, 0) is 72.8 Å². The molecule has 4 nitrogen and oxygen atoms in total. The van der Waals surface area contributed by atoms with E-state index in [1.807, 2.05) is 13.8 Å². The molecule has 0 amide bonds. The van der Waals surface area contributed by atoms with Crippen molar-refractivity contribution in [2.75, 3.05) is 0 Å². The van der Waals surface area contributed by atoms with E-state index in [9.17, 15) is 20.1 Å². The second-order valence-electron chi connectivity index (χ2n) is 7.91. The smallest absolute Gasteiger partial charge is 0.139 e. The number of phenols is 1. The Balaban J connectivity index is 1.86. The van der Waals surface area contributed by atoms with Crippen LogP contribution in [-0.4, -0.2) is 27.2 Å². The molecule has 124 valence electrons. The number of aromatic hydroxyl groups is 1. The molecular formula is C19H24O4. The van der Waals surface area contributed by atoms with Crippen molar-refractivity contribution in [2.24, 2.45) is 17.3 Å². The van der Waals surface area contributed by atoms with Crippen LogP contribution in [0.1, 0.15) is 61.3 Å². The predicted octanol–water partition coefficient (Wildman–Crippen LogP) is 2.59. The van der Waals surface area contributed by atoms with E-state index >= 15 is 0 Å². The number of fused-ring (bicyclic) bond motifs is 5. The van der Waals surface area contributed by atoms with E-state index in [-0.39, 0.29) is 28.9 Å². The number of aryl methyl sites for hydroxylation is 1. The first-order valence-corrected chi connectivity index (χ1v) is 8.57. The molecule has 3 N–H and O–H groups in total. The highest BCUT2D eigenvalue weighted by atomic mass is 16.3. The number of ketones is 1. The van der Waals surface area contributed by atoms with E-state index in [1.54, 1.807) is 12.1 Å². The molecule has 3 aliphatic rings. The maximum absolute atomic E-state index is 12.4. The Bertz CT molecular complexity index is 682. The molecule has 0 radical (unpaired) electrons. The van der Waals surface area contributed by atoms with Gasteiger partial charge in [0.2, 0.25) is 0 Å². The van der Waals surface area contributed by atoms with Crippen molar-refractivity contribution in [2.45, 2.75) is 57.7 Å². The first-order valence-electron chi connectivity index (χ1n) is 8.57. The van der Waals surface area contributed by atoms with Crippen LogP contribution in [0.3, 0.4) is 0 Å². The first-order chi connectivity index (χ1) is 10.8. The summed E-state index contributed by atoms with van der Waals surface area (Å²) in [6, 6.07) is 3.31. The fourth-order valence-corrected chi connectivity index (χ4v) is 5.73. The molecule has 6 atom stereocenters. The normalized spacial score (nSPS) is 42.1. The Labute approximate surface area is 136 Å². The number of hydrogen-bond donors (Lipinski definition) is 3. The van der Waals surface area contributed by atoms with Gasteiger partial charge in [-0.25, -0.2) is 0 Å². The Morgan fingerprint density at radius 1 is 1.22 bits per heavy atom. The monoisotopic (exact) mass is 316 g/mol. The molecule has 0 spiro atoms. The van der Waals surface area contributed by atoms with Crippen LogP contribution >= 0.6 is 0 Å². The fraction of sp³-hybridized carbons (Fsp3) is 0.632. The zero-order chi connectivity index (χ0) is 16.5. The summed E-state index contributed by atoms with van der Waals surface area (Å²) in [6.45, 7) is 4.00. The lowest BCUT2D eigenvalue weighted by Gasteiger charge is -2.51. The Kier molecular flexibility index (Phi) is 3.17. The second kappa shape index (κ2) is 4.81. The molecule has 4 rings (SSSR count). The maximum atomic E-state index is 12.4. The summed E-state index contributed by atoms with van der Waals surface area (Å²) in [5.41, 5.74) is 2.36. The Morgan fingerprint density at radius 3 is 2.70 bits per heavy atom. The zero-order valence-electron chi connectivity index (χ0n) is 13.6. The number of aliphatic hydroxyl groups excluding tert-OH is 2. The highest BCUT2D eigenvalue weighted by Crippen LogP contribution is 2.61. The molecule has 1 aromatic rings. The molecule has 2 fully saturated rings. The van der Waals surface area contributed by atoms with Crippen molar-refractivity contribution < 1.29 is 20.1 Å². The quantitative estimate of drug-likeness (QED) is 0.687. The Morgan fingerprint density at radius 2 is 1.96 bits per heavy atom. The number of carbonyl (C=O) groups is 1. The average Bonchev–Trinajstić information content (AvgIpc) is 2.79. The number of Topliss-reactive ketones (excluding diaryl/α,β-unsaturated/α-hetero) is 1. The van der Waals surface area contributed by atoms with Gasteiger partial charge >= 0.3 is 0 Å². The zero-order valence-corrected chi connectivity index (χ0v) is 13.6. The van der Waals surface area contributed by atoms with E-state index in [2.05, 4.69) is 0 Å². The van der Waals surface area contributed by atoms with E-state index in [0.717, 1.165) is 30.4 Å². The lowest BCUT2D eigenvalue weighted by molar-refractivity contribution is -0.134. The largest absolute Gasteiger partial charge is 0.508 e. The molecule has 0 heterocycles. The molecule has 1 aromatic carbocycles. The van der Waals surface area contributed by atoms with Crippen molar-refractivity contribution in [3.63, 3.8) is 0 Å². The SMILES string of the molecule is Cc1cc(O)cc2c1C1CCC3(C)C(=O)CCC3C1C(O)C2O. The van der Waals surface area contributed by atoms with Gasteiger partial charge in [0.05, 0.1) is 6.10 Å². The van der Waals surface area contributed by atoms with Gasteiger partial charge in [0.1, 0.15) is 17.6 Å². The van der Waals surface area contributed by atoms with Crippen molar-refractivity contribution >= 4 is 5.78 Å². The first kappa shape index (κ1) is 15.2. The number of aliphatic hydroxyl groups is 2. The summed E-state index contributed by atoms with van der Waals surface area (Å²) in [4.78, 5) is 12.4. The third-order valence-corrected chi connectivity index (χ3v) is 6.85. The third kappa shape index (κ3) is 1.88. The molecule has 0 aliphatic heterocycles. The van der Waals surface area contributed by atoms with Crippen LogP contribution in [-0.2, 0) is 4.79 Å². The summed E-state index contributed by atoms with van der Waals surface area (Å²) in [7, 11) is 0. The van der Waals surface area contributed by atoms with Crippen LogP contribution < -0.4 is 0 Å². The van der Waals surface area contributed by atoms with Gasteiger partial charge in [0, 0.05) is 11.8 Å². The summed E-state index contributed by atoms with van der Waals surface area (Å²) in [5.74, 6) is 0.664. The molecule has 0 aromatic heterocycles. The fourth-order valence-electron chi connectivity index (χ4n) is 5.73. The number of carbonyl (C=O) groups excluding carboxylic acids is 1. The molecule has 4 heteroatoms. The third-order valence-electron chi connectivity index (χ3n) is 6.85. The van der Waals surface area contributed by atoms with Gasteiger partial charge in [-0.3, -0.25) is 4.79 Å². The number of phenolic OH excluding ortho intramolecular Hbond substituents is 1. The summed E-state index contributed by atoms with van der Waals surface area (Å²) >= 11 is 0. The van der Waals surface area contributed by atoms with Crippen LogP contribution in [0.2, 0.25) is 0 Å². The molecule has 23 heavy (non-hydrogen) atoms. The molecule has 3 aliphatic carbocycles. The molecule has 6 unspecified atom stereocenters. The van der Waals surface area contributed by atoms with Crippen LogP contribution in [0, 0.1) is 24.2 Å². The number of hydrogen-bond acceptors (Lipinski definition) is 4. The van der Waals surface area contributed by atoms with Crippen LogP contribution in [0.5, 0.6) is 5.75 Å². The predicted molar refractivity (Wildman–Crippen MR) is 85.1 cm³/mol. The highest BCUT2D eigenvalue weighted by Gasteiger charge is 2.58. The second-order valence-corrected chi connectivity index (χ2v) is 7.91. The Hall–Kier alpha value is -1.39. The minimum atomic E-state index is -0.991. The van der Waals surface area contributed by atoms with Gasteiger partial charge in [0.15, 0.2) is 0 Å². The van der Waals surface area contributed by atoms with E-state index in [4.69, 9.17) is 0 Å². The van der Waals surface area contributed by atoms with Gasteiger partial charge in [0.25, 0.3) is 0 Å². The number of benzene rings is 1. The highest BCUT2D eigenvalue weighted by molar-refractivity contribution is 5.87. The van der Waals surface area contributed by atoms with Crippen LogP contribution in [0.4, 0.5) is 0 Å². The molecular weight excluding hydrogens is 292 g/mol. The van der Waals surface area contributed by atoms with E-state index < -0.39 is 12.2 Å². The maximum Gasteiger partial charge on any atom is 0.139 e. The molecule has 2 saturated carbocycles. The average molecular weight is 316 g/mol. The van der Waals surface area contributed by atoms with Gasteiger partial charge in [-0.1, -0.05) is 6.92 Å². The van der Waals surface area contributed by atoms with Crippen molar-refractivity contribution in [3.05, 3.63) is 28.8 Å². The van der Waals surface area contributed by atoms with Gasteiger partial charge in [-0.2, -0.15) is 0 Å². The van der Waals surface area contributed by atoms with E-state index in [0.29, 0.717) is 17.8 Å². The lowest BCUT2D eigenvalue weighted by atomic mass is 9.54. The minimum Gasteiger partial charge on any atom is -0.508 e. The van der Waals surface area contributed by atoms with Crippen molar-refractivity contribution in [3.8, 4) is 5.75 Å². The van der Waals surface area contributed by atoms with Crippen molar-refractivity contribution in [1.29, 1.82) is 0 Å². The van der Waals surface area contributed by atoms with Crippen LogP contribution in [0.15, 0.2) is 12.1 Å². The minimum absolute atomic E-state index is 0.0778. The standard InChI is InChI=1S/C19H24O4/c1-9-7-10(20)8-12-15(9)11-5-6-19(2)13(3-4-14(19)21)16(11)18(23)17(12)22/h7-8,11,13,16-18,20,22-23H,3-6H2,1-2H3. The lowest BCUT2D eigenvalue weighted by Crippen LogP contribution is -2.49. The van der Waals surface area contributed by atoms with Gasteiger partial charge in [-0.15, -0.1) is 0 Å². The van der Waals surface area contributed by atoms with E-state index in [1.165, 1.54) is 0 Å². The number of rotatable bonds is 0. The molecule has 0 saturated heterocycles. The van der Waals surface area contributed by atoms with Crippen LogP contribution in [0.25, 0.3) is 0 Å². The topological polar surface area (TPSA) is 77.8 Å². The summed E-state index contributed by atoms with van der Waals surface area (Å²) < 4.78 is 0. The summed E-state index contributed by atoms with van der Waals surface area (Å²) in [5, 5.41) is 31.3. The summed E-state index contributed by atoms with van der Waals surface area (Å²) in [6.07, 6.45) is 1.24. The van der Waals surface area contributed by atoms with Gasteiger partial charge < -0.3 is 15.3 Å². The van der Waals surface area contributed by atoms with Crippen molar-refractivity contribution in [1.82, 2.24) is 0 Å². The molecule has 0 bridgehead atoms.